The van der Waals surface area contributed by atoms with E-state index in [0.717, 1.165) is 26.2 Å². The van der Waals surface area contributed by atoms with Crippen molar-refractivity contribution in [3.63, 3.8) is 0 Å². The second-order valence-electron chi connectivity index (χ2n) is 7.87. The molecule has 2 aliphatic heterocycles. The number of piperazine rings is 1. The van der Waals surface area contributed by atoms with Crippen LogP contribution in [0.1, 0.15) is 29.3 Å². The van der Waals surface area contributed by atoms with Crippen LogP contribution >= 0.6 is 0 Å². The number of carbonyl (C=O) groups excluding carboxylic acids is 1. The van der Waals surface area contributed by atoms with Gasteiger partial charge < -0.3 is 14.7 Å². The zero-order valence-electron chi connectivity index (χ0n) is 16.5. The van der Waals surface area contributed by atoms with E-state index in [2.05, 4.69) is 10.1 Å². The molecule has 1 aromatic heterocycles. The lowest BCUT2D eigenvalue weighted by atomic mass is 10.3. The van der Waals surface area contributed by atoms with Crippen LogP contribution in [-0.4, -0.2) is 77.9 Å². The summed E-state index contributed by atoms with van der Waals surface area (Å²) in [7, 11) is 0. The number of amides is 1. The minimum atomic E-state index is -0.301. The number of benzene rings is 1. The van der Waals surface area contributed by atoms with E-state index in [4.69, 9.17) is 0 Å². The van der Waals surface area contributed by atoms with Crippen LogP contribution < -0.4 is 9.80 Å². The van der Waals surface area contributed by atoms with Crippen molar-refractivity contribution in [2.75, 3.05) is 52.4 Å². The molecule has 1 aromatic carbocycles. The van der Waals surface area contributed by atoms with E-state index in [1.54, 1.807) is 33.5 Å². The molecule has 2 aromatic rings. The molecule has 28 heavy (non-hydrogen) atoms. The van der Waals surface area contributed by atoms with Crippen LogP contribution in [0.15, 0.2) is 24.3 Å². The summed E-state index contributed by atoms with van der Waals surface area (Å²) in [4.78, 5) is 22.4. The zero-order chi connectivity index (χ0) is 19.5. The van der Waals surface area contributed by atoms with Gasteiger partial charge in [0.1, 0.15) is 24.7 Å². The van der Waals surface area contributed by atoms with Crippen molar-refractivity contribution in [3.8, 4) is 5.69 Å². The second kappa shape index (κ2) is 8.36. The Kier molecular flexibility index (Phi) is 5.68. The molecule has 0 unspecified atom stereocenters. The number of aromatic nitrogens is 3. The van der Waals surface area contributed by atoms with Gasteiger partial charge in [0.05, 0.1) is 45.0 Å². The zero-order valence-corrected chi connectivity index (χ0v) is 16.5. The summed E-state index contributed by atoms with van der Waals surface area (Å²) in [6.07, 6.45) is 2.73. The van der Waals surface area contributed by atoms with Crippen molar-refractivity contribution in [1.29, 1.82) is 0 Å². The molecule has 8 heteroatoms. The number of halogens is 1. The van der Waals surface area contributed by atoms with E-state index in [0.29, 0.717) is 11.5 Å². The number of hydrogen-bond acceptors (Lipinski definition) is 3. The van der Waals surface area contributed by atoms with Crippen molar-refractivity contribution in [2.45, 2.75) is 19.8 Å². The largest absolute Gasteiger partial charge is 0.330 e. The van der Waals surface area contributed by atoms with Crippen LogP contribution in [0.3, 0.4) is 0 Å². The van der Waals surface area contributed by atoms with Crippen LogP contribution in [0.4, 0.5) is 4.39 Å². The highest BCUT2D eigenvalue weighted by Crippen LogP contribution is 2.11. The molecule has 0 bridgehead atoms. The molecule has 2 N–H and O–H groups in total. The highest BCUT2D eigenvalue weighted by molar-refractivity contribution is 5.90. The number of nitrogens with zero attached hydrogens (tertiary/aromatic N) is 4. The Hall–Kier alpha value is -2.32. The van der Waals surface area contributed by atoms with Crippen molar-refractivity contribution in [1.82, 2.24) is 19.7 Å². The van der Waals surface area contributed by atoms with Crippen LogP contribution in [0.25, 0.3) is 5.69 Å². The van der Waals surface area contributed by atoms with Gasteiger partial charge in [-0.25, -0.2) is 14.1 Å². The van der Waals surface area contributed by atoms with E-state index < -0.39 is 0 Å². The highest BCUT2D eigenvalue weighted by atomic mass is 19.1. The van der Waals surface area contributed by atoms with Crippen LogP contribution in [0.2, 0.25) is 0 Å². The van der Waals surface area contributed by atoms with Gasteiger partial charge in [-0.2, -0.15) is 0 Å². The maximum atomic E-state index is 13.1. The molecule has 2 aliphatic rings. The van der Waals surface area contributed by atoms with Gasteiger partial charge in [-0.05, 0) is 31.2 Å². The van der Waals surface area contributed by atoms with Gasteiger partial charge in [-0.15, -0.1) is 5.10 Å². The Balaban J connectivity index is 1.34. The van der Waals surface area contributed by atoms with Crippen LogP contribution in [-0.2, 0) is 0 Å². The molecule has 2 saturated heterocycles. The minimum absolute atomic E-state index is 0.117. The predicted molar refractivity (Wildman–Crippen MR) is 102 cm³/mol. The van der Waals surface area contributed by atoms with E-state index in [9.17, 15) is 9.18 Å². The molecular weight excluding hydrogens is 359 g/mol. The lowest BCUT2D eigenvalue weighted by molar-refractivity contribution is -0.954. The van der Waals surface area contributed by atoms with Crippen LogP contribution in [0.5, 0.6) is 0 Å². The minimum Gasteiger partial charge on any atom is -0.330 e. The molecule has 3 heterocycles. The smallest absolute Gasteiger partial charge is 0.293 e. The Labute approximate surface area is 164 Å². The number of rotatable bonds is 5. The lowest BCUT2D eigenvalue weighted by Gasteiger charge is -2.31. The van der Waals surface area contributed by atoms with Gasteiger partial charge in [0.2, 0.25) is 5.82 Å². The Morgan fingerprint density at radius 1 is 1.04 bits per heavy atom. The first kappa shape index (κ1) is 19.0. The van der Waals surface area contributed by atoms with Gasteiger partial charge in [-0.3, -0.25) is 4.79 Å². The quantitative estimate of drug-likeness (QED) is 0.672. The van der Waals surface area contributed by atoms with Crippen molar-refractivity contribution < 1.29 is 19.0 Å². The Morgan fingerprint density at radius 3 is 2.29 bits per heavy atom. The summed E-state index contributed by atoms with van der Waals surface area (Å²) in [6.45, 7) is 10.3. The molecule has 150 valence electrons. The third-order valence-corrected chi connectivity index (χ3v) is 5.93. The summed E-state index contributed by atoms with van der Waals surface area (Å²) in [6, 6.07) is 6.03. The SMILES string of the molecule is Cc1nc(C(=O)N2CC[NH+](CC[NH+]3CCCC3)CC2)nn1-c1ccc(F)cc1. The fourth-order valence-electron chi connectivity index (χ4n) is 4.20. The number of carbonyl (C=O) groups is 1. The number of aryl methyl sites for hydroxylation is 1. The van der Waals surface area contributed by atoms with E-state index in [1.807, 2.05) is 4.90 Å². The summed E-state index contributed by atoms with van der Waals surface area (Å²) in [5, 5.41) is 4.37. The topological polar surface area (TPSA) is 59.9 Å². The van der Waals surface area contributed by atoms with Crippen molar-refractivity contribution in [3.05, 3.63) is 41.7 Å². The normalized spacial score (nSPS) is 18.7. The number of quaternary nitrogens is 2. The van der Waals surface area contributed by atoms with Gasteiger partial charge in [-0.1, -0.05) is 0 Å². The summed E-state index contributed by atoms with van der Waals surface area (Å²) in [5.41, 5.74) is 0.698. The Bertz CT molecular complexity index is 807. The average molecular weight is 388 g/mol. The summed E-state index contributed by atoms with van der Waals surface area (Å²) in [5.74, 6) is 0.414. The molecule has 0 spiro atoms. The molecule has 4 rings (SSSR count). The van der Waals surface area contributed by atoms with Crippen molar-refractivity contribution in [2.24, 2.45) is 0 Å². The standard InChI is InChI=1S/C20H27FN6O/c1-16-22-19(23-27(16)18-6-4-17(21)5-7-18)20(28)26-14-12-25(13-15-26)11-10-24-8-2-3-9-24/h4-7H,2-3,8-15H2,1H3/p+2. The van der Waals surface area contributed by atoms with Gasteiger partial charge in [0.15, 0.2) is 0 Å². The van der Waals surface area contributed by atoms with Crippen molar-refractivity contribution >= 4 is 5.91 Å². The lowest BCUT2D eigenvalue weighted by Crippen LogP contribution is -3.21. The molecule has 7 nitrogen and oxygen atoms in total. The van der Waals surface area contributed by atoms with E-state index in [1.165, 1.54) is 51.2 Å². The van der Waals surface area contributed by atoms with E-state index in [-0.39, 0.29) is 17.5 Å². The average Bonchev–Trinajstić information content (AvgIpc) is 3.37. The maximum absolute atomic E-state index is 13.1. The summed E-state index contributed by atoms with van der Waals surface area (Å²) >= 11 is 0. The van der Waals surface area contributed by atoms with Crippen LogP contribution in [0, 0.1) is 12.7 Å². The van der Waals surface area contributed by atoms with Gasteiger partial charge >= 0.3 is 0 Å². The van der Waals surface area contributed by atoms with Gasteiger partial charge in [0, 0.05) is 12.8 Å². The third-order valence-electron chi connectivity index (χ3n) is 5.93. The van der Waals surface area contributed by atoms with E-state index >= 15 is 0 Å². The number of hydrogen-bond donors (Lipinski definition) is 2. The second-order valence-corrected chi connectivity index (χ2v) is 7.87. The maximum Gasteiger partial charge on any atom is 0.293 e. The fourth-order valence-corrected chi connectivity index (χ4v) is 4.20. The molecule has 0 saturated carbocycles. The molecule has 2 fully saturated rings. The monoisotopic (exact) mass is 388 g/mol. The van der Waals surface area contributed by atoms with Gasteiger partial charge in [0.25, 0.3) is 5.91 Å². The number of likely N-dealkylation sites (tertiary alicyclic amines) is 1. The number of nitrogens with one attached hydrogen (secondary N) is 2. The molecular formula is C20H29FN6O+2. The molecule has 0 aliphatic carbocycles. The first-order chi connectivity index (χ1) is 13.6. The molecule has 0 radical (unpaired) electrons. The first-order valence-corrected chi connectivity index (χ1v) is 10.3. The third kappa shape index (κ3) is 4.23. The Morgan fingerprint density at radius 2 is 1.64 bits per heavy atom. The highest BCUT2D eigenvalue weighted by Gasteiger charge is 2.28. The molecule has 1 amide bonds. The predicted octanol–water partition coefficient (Wildman–Crippen LogP) is -1.27. The fraction of sp³-hybridized carbons (Fsp3) is 0.550. The first-order valence-electron chi connectivity index (χ1n) is 10.3. The summed E-state index contributed by atoms with van der Waals surface area (Å²) < 4.78 is 14.7. The molecule has 0 atom stereocenters.